The molecule has 0 heterocycles. The zero-order chi connectivity index (χ0) is 18.9. The lowest BCUT2D eigenvalue weighted by atomic mass is 10.0. The fourth-order valence-corrected chi connectivity index (χ4v) is 2.88. The second-order valence-electron chi connectivity index (χ2n) is 7.18. The van der Waals surface area contributed by atoms with E-state index in [1.807, 2.05) is 18.2 Å². The quantitative estimate of drug-likeness (QED) is 0.449. The summed E-state index contributed by atoms with van der Waals surface area (Å²) >= 11 is 0. The molecule has 0 saturated heterocycles. The van der Waals surface area contributed by atoms with E-state index < -0.39 is 0 Å². The van der Waals surface area contributed by atoms with E-state index in [0.717, 1.165) is 0 Å². The lowest BCUT2D eigenvalue weighted by Crippen LogP contribution is -1.97. The normalized spacial score (nSPS) is 11.1. The second kappa shape index (κ2) is 10.1. The van der Waals surface area contributed by atoms with Crippen molar-refractivity contribution in [3.63, 3.8) is 0 Å². The van der Waals surface area contributed by atoms with Gasteiger partial charge in [-0.2, -0.15) is 0 Å². The van der Waals surface area contributed by atoms with Crippen molar-refractivity contribution in [2.75, 3.05) is 0 Å². The van der Waals surface area contributed by atoms with Gasteiger partial charge in [-0.05, 0) is 33.7 Å². The Morgan fingerprint density at radius 2 is 0.889 bits per heavy atom. The van der Waals surface area contributed by atoms with Gasteiger partial charge in [0.1, 0.15) is 0 Å². The molecule has 2 heteroatoms. The van der Waals surface area contributed by atoms with Crippen LogP contribution in [-0.4, -0.2) is 0 Å². The van der Waals surface area contributed by atoms with Crippen molar-refractivity contribution in [3.8, 4) is 0 Å². The summed E-state index contributed by atoms with van der Waals surface area (Å²) in [5, 5.41) is 0. The first-order chi connectivity index (χ1) is 13.2. The minimum atomic E-state index is 0.565. The van der Waals surface area contributed by atoms with Crippen LogP contribution in [-0.2, 0) is 35.9 Å². The van der Waals surface area contributed by atoms with Crippen LogP contribution < -0.4 is 0 Å². The van der Waals surface area contributed by atoms with Gasteiger partial charge < -0.3 is 9.47 Å². The first-order valence-electron chi connectivity index (χ1n) is 9.57. The maximum Gasteiger partial charge on any atom is 0.0721 e. The lowest BCUT2D eigenvalue weighted by molar-refractivity contribution is 0.105. The van der Waals surface area contributed by atoms with Crippen LogP contribution in [0.2, 0.25) is 0 Å². The Morgan fingerprint density at radius 3 is 1.30 bits per heavy atom. The maximum absolute atomic E-state index is 5.85. The molecule has 0 aliphatic heterocycles. The van der Waals surface area contributed by atoms with Gasteiger partial charge in [-0.1, -0.05) is 92.7 Å². The summed E-state index contributed by atoms with van der Waals surface area (Å²) in [7, 11) is 0. The van der Waals surface area contributed by atoms with Gasteiger partial charge in [0.2, 0.25) is 0 Å². The standard InChI is InChI=1S/C25H28O2/c1-20(2)25-14-12-24(13-15-25)19-27-18-23-10-8-22(9-11-23)17-26-16-21-6-4-3-5-7-21/h3-15,20H,16-19H2,1-2H3. The molecule has 0 bridgehead atoms. The molecule has 140 valence electrons. The first-order valence-corrected chi connectivity index (χ1v) is 9.57. The van der Waals surface area contributed by atoms with Crippen molar-refractivity contribution in [1.82, 2.24) is 0 Å². The monoisotopic (exact) mass is 360 g/mol. The van der Waals surface area contributed by atoms with Crippen LogP contribution in [0.5, 0.6) is 0 Å². The molecular weight excluding hydrogens is 332 g/mol. The van der Waals surface area contributed by atoms with Crippen LogP contribution in [0.15, 0.2) is 78.9 Å². The Balaban J connectivity index is 1.39. The number of rotatable bonds is 9. The van der Waals surface area contributed by atoms with Crippen LogP contribution in [0.25, 0.3) is 0 Å². The predicted octanol–water partition coefficient (Wildman–Crippen LogP) is 6.24. The van der Waals surface area contributed by atoms with Crippen LogP contribution in [0, 0.1) is 0 Å². The Labute approximate surface area is 162 Å². The van der Waals surface area contributed by atoms with Crippen molar-refractivity contribution in [2.24, 2.45) is 0 Å². The molecule has 0 aromatic heterocycles. The third-order valence-corrected chi connectivity index (χ3v) is 4.59. The van der Waals surface area contributed by atoms with E-state index in [1.165, 1.54) is 27.8 Å². The molecule has 3 aromatic rings. The fraction of sp³-hybridized carbons (Fsp3) is 0.280. The average molecular weight is 360 g/mol. The lowest BCUT2D eigenvalue weighted by Gasteiger charge is -2.09. The summed E-state index contributed by atoms with van der Waals surface area (Å²) in [5.41, 5.74) is 6.14. The van der Waals surface area contributed by atoms with Crippen molar-refractivity contribution in [1.29, 1.82) is 0 Å². The van der Waals surface area contributed by atoms with Gasteiger partial charge in [0.15, 0.2) is 0 Å². The highest BCUT2D eigenvalue weighted by Gasteiger charge is 2.01. The van der Waals surface area contributed by atoms with Crippen LogP contribution in [0.4, 0.5) is 0 Å². The molecule has 0 aliphatic rings. The summed E-state index contributed by atoms with van der Waals surface area (Å²) < 4.78 is 11.6. The zero-order valence-electron chi connectivity index (χ0n) is 16.2. The van der Waals surface area contributed by atoms with E-state index in [-0.39, 0.29) is 0 Å². The van der Waals surface area contributed by atoms with E-state index in [1.54, 1.807) is 0 Å². The van der Waals surface area contributed by atoms with Crippen molar-refractivity contribution < 1.29 is 9.47 Å². The molecular formula is C25H28O2. The molecule has 3 aromatic carbocycles. The molecule has 0 fully saturated rings. The van der Waals surface area contributed by atoms with Gasteiger partial charge >= 0.3 is 0 Å². The second-order valence-corrected chi connectivity index (χ2v) is 7.18. The summed E-state index contributed by atoms with van der Waals surface area (Å²) in [6.45, 7) is 6.95. The largest absolute Gasteiger partial charge is 0.372 e. The van der Waals surface area contributed by atoms with Crippen LogP contribution >= 0.6 is 0 Å². The SMILES string of the molecule is CC(C)c1ccc(COCc2ccc(COCc3ccccc3)cc2)cc1. The summed E-state index contributed by atoms with van der Waals surface area (Å²) in [6, 6.07) is 27.4. The first kappa shape index (κ1) is 19.3. The molecule has 0 aliphatic carbocycles. The fourth-order valence-electron chi connectivity index (χ4n) is 2.88. The molecule has 3 rings (SSSR count). The highest BCUT2D eigenvalue weighted by Crippen LogP contribution is 2.16. The maximum atomic E-state index is 5.85. The average Bonchev–Trinajstić information content (AvgIpc) is 2.70. The molecule has 0 amide bonds. The van der Waals surface area contributed by atoms with Gasteiger partial charge in [0.25, 0.3) is 0 Å². The van der Waals surface area contributed by atoms with Gasteiger partial charge in [-0.15, -0.1) is 0 Å². The minimum Gasteiger partial charge on any atom is -0.372 e. The molecule has 0 N–H and O–H groups in total. The molecule has 0 spiro atoms. The Morgan fingerprint density at radius 1 is 0.519 bits per heavy atom. The van der Waals surface area contributed by atoms with Crippen molar-refractivity contribution in [2.45, 2.75) is 46.2 Å². The molecule has 27 heavy (non-hydrogen) atoms. The van der Waals surface area contributed by atoms with Crippen LogP contribution in [0.3, 0.4) is 0 Å². The van der Waals surface area contributed by atoms with Gasteiger partial charge in [-0.3, -0.25) is 0 Å². The Hall–Kier alpha value is -2.42. The zero-order valence-corrected chi connectivity index (χ0v) is 16.2. The van der Waals surface area contributed by atoms with E-state index >= 15 is 0 Å². The summed E-state index contributed by atoms with van der Waals surface area (Å²) in [4.78, 5) is 0. The van der Waals surface area contributed by atoms with Gasteiger partial charge in [-0.25, -0.2) is 0 Å². The molecule has 2 nitrogen and oxygen atoms in total. The predicted molar refractivity (Wildman–Crippen MR) is 110 cm³/mol. The highest BCUT2D eigenvalue weighted by atomic mass is 16.5. The van der Waals surface area contributed by atoms with Crippen molar-refractivity contribution in [3.05, 3.63) is 107 Å². The topological polar surface area (TPSA) is 18.5 Å². The summed E-state index contributed by atoms with van der Waals surface area (Å²) in [5.74, 6) is 0.565. The van der Waals surface area contributed by atoms with E-state index in [9.17, 15) is 0 Å². The minimum absolute atomic E-state index is 0.565. The third-order valence-electron chi connectivity index (χ3n) is 4.59. The van der Waals surface area contributed by atoms with E-state index in [4.69, 9.17) is 9.47 Å². The number of hydrogen-bond donors (Lipinski definition) is 0. The number of hydrogen-bond acceptors (Lipinski definition) is 2. The Bertz CT molecular complexity index is 790. The number of benzene rings is 3. The third kappa shape index (κ3) is 6.35. The smallest absolute Gasteiger partial charge is 0.0721 e. The molecule has 0 saturated carbocycles. The van der Waals surface area contributed by atoms with E-state index in [0.29, 0.717) is 32.3 Å². The van der Waals surface area contributed by atoms with E-state index in [2.05, 4.69) is 74.5 Å². The highest BCUT2D eigenvalue weighted by molar-refractivity contribution is 5.24. The molecule has 0 atom stereocenters. The Kier molecular flexibility index (Phi) is 7.20. The van der Waals surface area contributed by atoms with Gasteiger partial charge in [0.05, 0.1) is 26.4 Å². The van der Waals surface area contributed by atoms with Gasteiger partial charge in [0, 0.05) is 0 Å². The molecule has 0 unspecified atom stereocenters. The number of ether oxygens (including phenoxy) is 2. The summed E-state index contributed by atoms with van der Waals surface area (Å²) in [6.07, 6.45) is 0. The van der Waals surface area contributed by atoms with Crippen LogP contribution in [0.1, 0.15) is 47.6 Å². The van der Waals surface area contributed by atoms with Crippen molar-refractivity contribution >= 4 is 0 Å². The molecule has 0 radical (unpaired) electrons.